The SMILES string of the molecule is C=Cc1cc2cc([C@@H](C)OC(=O)[C@@H]3CCCN(C(=O)[C@H](C)NC(=O)[C@H](CCc4ccccc4)NC(=O)CC=CC)N3)ccc2cn1. The molecule has 3 N–H and O–H groups in total. The summed E-state index contributed by atoms with van der Waals surface area (Å²) in [7, 11) is 0. The van der Waals surface area contributed by atoms with Gasteiger partial charge in [-0.2, -0.15) is 0 Å². The Hall–Kier alpha value is -4.83. The maximum atomic E-state index is 13.4. The summed E-state index contributed by atoms with van der Waals surface area (Å²) in [4.78, 5) is 56.6. The van der Waals surface area contributed by atoms with Crippen molar-refractivity contribution in [2.24, 2.45) is 0 Å². The molecule has 0 unspecified atom stereocenters. The van der Waals surface area contributed by atoms with Crippen molar-refractivity contribution in [1.29, 1.82) is 0 Å². The van der Waals surface area contributed by atoms with Crippen LogP contribution in [0, 0.1) is 0 Å². The zero-order chi connectivity index (χ0) is 33.1. The summed E-state index contributed by atoms with van der Waals surface area (Å²) in [6.45, 7) is 9.37. The lowest BCUT2D eigenvalue weighted by Gasteiger charge is -2.35. The Labute approximate surface area is 270 Å². The van der Waals surface area contributed by atoms with E-state index in [0.29, 0.717) is 32.2 Å². The number of benzene rings is 2. The van der Waals surface area contributed by atoms with Crippen molar-refractivity contribution < 1.29 is 23.9 Å². The normalized spacial score (nSPS) is 16.8. The number of hydrazine groups is 1. The second kappa shape index (κ2) is 16.5. The number of nitrogens with one attached hydrogen (secondary N) is 3. The molecule has 4 atom stereocenters. The standard InChI is InChI=1S/C36H43N5O5/c1-5-7-15-33(42)39-31(19-16-26-12-9-8-10-13-26)34(43)38-24(3)35(44)41-20-11-14-32(40-41)36(45)46-25(4)27-17-18-28-23-37-30(6-2)22-29(28)21-27/h5-10,12-13,17-18,21-25,31-32,40H,2,11,14-16,19-20H2,1,3-4H3,(H,38,43)(H,39,42)/t24-,25+,31-,32-/m0/s1. The molecule has 10 nitrogen and oxygen atoms in total. The molecule has 1 aromatic heterocycles. The van der Waals surface area contributed by atoms with Crippen molar-refractivity contribution in [2.75, 3.05) is 6.54 Å². The first-order chi connectivity index (χ1) is 22.2. The van der Waals surface area contributed by atoms with E-state index in [4.69, 9.17) is 4.74 Å². The van der Waals surface area contributed by atoms with Crippen LogP contribution in [0.15, 0.2) is 79.5 Å². The Balaban J connectivity index is 1.34. The number of carbonyl (C=O) groups excluding carboxylic acids is 4. The molecule has 0 radical (unpaired) electrons. The average molecular weight is 626 g/mol. The summed E-state index contributed by atoms with van der Waals surface area (Å²) >= 11 is 0. The summed E-state index contributed by atoms with van der Waals surface area (Å²) in [5, 5.41) is 8.87. The lowest BCUT2D eigenvalue weighted by atomic mass is 10.0. The van der Waals surface area contributed by atoms with Crippen LogP contribution < -0.4 is 16.1 Å². The number of aryl methyl sites for hydroxylation is 1. The number of pyridine rings is 1. The predicted octanol–water partition coefficient (Wildman–Crippen LogP) is 4.57. The van der Waals surface area contributed by atoms with Gasteiger partial charge < -0.3 is 15.4 Å². The number of allylic oxidation sites excluding steroid dienone is 1. The molecule has 1 saturated heterocycles. The highest BCUT2D eigenvalue weighted by molar-refractivity contribution is 5.92. The van der Waals surface area contributed by atoms with E-state index < -0.39 is 36.1 Å². The number of fused-ring (bicyclic) bond motifs is 1. The molecule has 1 aliphatic heterocycles. The van der Waals surface area contributed by atoms with Crippen LogP contribution in [0.3, 0.4) is 0 Å². The number of aromatic nitrogens is 1. The third kappa shape index (κ3) is 9.34. The van der Waals surface area contributed by atoms with Gasteiger partial charge in [0.05, 0.1) is 5.69 Å². The van der Waals surface area contributed by atoms with Crippen molar-refractivity contribution in [3.05, 3.63) is 96.3 Å². The molecule has 1 fully saturated rings. The Morgan fingerprint density at radius 3 is 2.61 bits per heavy atom. The lowest BCUT2D eigenvalue weighted by molar-refractivity contribution is -0.157. The molecular weight excluding hydrogens is 582 g/mol. The van der Waals surface area contributed by atoms with Crippen LogP contribution in [0.1, 0.15) is 69.4 Å². The molecule has 2 heterocycles. The minimum atomic E-state index is -0.895. The van der Waals surface area contributed by atoms with E-state index in [1.165, 1.54) is 5.01 Å². The van der Waals surface area contributed by atoms with Gasteiger partial charge in [0, 0.05) is 24.5 Å². The van der Waals surface area contributed by atoms with E-state index in [9.17, 15) is 19.2 Å². The van der Waals surface area contributed by atoms with Gasteiger partial charge in [0.2, 0.25) is 11.8 Å². The molecule has 46 heavy (non-hydrogen) atoms. The molecule has 0 bridgehead atoms. The van der Waals surface area contributed by atoms with Crippen molar-refractivity contribution >= 4 is 40.5 Å². The van der Waals surface area contributed by atoms with Crippen LogP contribution in [0.5, 0.6) is 0 Å². The van der Waals surface area contributed by atoms with Gasteiger partial charge >= 0.3 is 5.97 Å². The third-order valence-corrected chi connectivity index (χ3v) is 7.96. The van der Waals surface area contributed by atoms with E-state index in [0.717, 1.165) is 27.6 Å². The number of amides is 3. The highest BCUT2D eigenvalue weighted by atomic mass is 16.5. The highest BCUT2D eigenvalue weighted by Gasteiger charge is 2.33. The first kappa shape index (κ1) is 34.1. The van der Waals surface area contributed by atoms with Crippen LogP contribution >= 0.6 is 0 Å². The Morgan fingerprint density at radius 2 is 1.87 bits per heavy atom. The van der Waals surface area contributed by atoms with Gasteiger partial charge in [0.15, 0.2) is 0 Å². The van der Waals surface area contributed by atoms with Crippen LogP contribution in [-0.4, -0.2) is 58.4 Å². The van der Waals surface area contributed by atoms with Gasteiger partial charge in [-0.15, -0.1) is 0 Å². The molecule has 4 rings (SSSR count). The van der Waals surface area contributed by atoms with E-state index in [1.807, 2.05) is 68.4 Å². The number of rotatable bonds is 13. The number of carbonyl (C=O) groups is 4. The third-order valence-electron chi connectivity index (χ3n) is 7.96. The van der Waals surface area contributed by atoms with Gasteiger partial charge in [-0.25, -0.2) is 5.43 Å². The summed E-state index contributed by atoms with van der Waals surface area (Å²) in [6, 6.07) is 15.0. The fourth-order valence-electron chi connectivity index (χ4n) is 5.29. The predicted molar refractivity (Wildman–Crippen MR) is 178 cm³/mol. The van der Waals surface area contributed by atoms with Crippen LogP contribution in [0.25, 0.3) is 16.8 Å². The van der Waals surface area contributed by atoms with E-state index in [-0.39, 0.29) is 18.2 Å². The maximum Gasteiger partial charge on any atom is 0.325 e. The Morgan fingerprint density at radius 1 is 1.09 bits per heavy atom. The summed E-state index contributed by atoms with van der Waals surface area (Å²) in [6.07, 6.45) is 8.62. The number of ether oxygens (including phenoxy) is 1. The summed E-state index contributed by atoms with van der Waals surface area (Å²) in [5.74, 6) is -1.57. The molecule has 0 saturated carbocycles. The molecule has 10 heteroatoms. The molecule has 3 aromatic rings. The lowest BCUT2D eigenvalue weighted by Crippen LogP contribution is -2.60. The summed E-state index contributed by atoms with van der Waals surface area (Å²) < 4.78 is 5.80. The van der Waals surface area contributed by atoms with Crippen LogP contribution in [0.2, 0.25) is 0 Å². The van der Waals surface area contributed by atoms with Gasteiger partial charge in [-0.1, -0.05) is 61.2 Å². The molecule has 2 aromatic carbocycles. The Kier molecular flexibility index (Phi) is 12.2. The van der Waals surface area contributed by atoms with E-state index in [2.05, 4.69) is 27.6 Å². The molecular formula is C36H43N5O5. The fraction of sp³-hybridized carbons (Fsp3) is 0.361. The second-order valence-corrected chi connectivity index (χ2v) is 11.5. The quantitative estimate of drug-likeness (QED) is 0.188. The van der Waals surface area contributed by atoms with Gasteiger partial charge in [-0.05, 0) is 81.2 Å². The summed E-state index contributed by atoms with van der Waals surface area (Å²) in [5.41, 5.74) is 5.63. The molecule has 1 aliphatic rings. The van der Waals surface area contributed by atoms with Gasteiger partial charge in [-0.3, -0.25) is 29.2 Å². The molecule has 3 amide bonds. The zero-order valence-electron chi connectivity index (χ0n) is 26.7. The van der Waals surface area contributed by atoms with E-state index >= 15 is 0 Å². The van der Waals surface area contributed by atoms with Crippen molar-refractivity contribution in [3.63, 3.8) is 0 Å². The highest BCUT2D eigenvalue weighted by Crippen LogP contribution is 2.24. The number of hydrogen-bond donors (Lipinski definition) is 3. The van der Waals surface area contributed by atoms with Crippen molar-refractivity contribution in [2.45, 2.75) is 77.1 Å². The number of hydrogen-bond acceptors (Lipinski definition) is 7. The van der Waals surface area contributed by atoms with Crippen LogP contribution in [0.4, 0.5) is 0 Å². The van der Waals surface area contributed by atoms with E-state index in [1.54, 1.807) is 31.3 Å². The fourth-order valence-corrected chi connectivity index (χ4v) is 5.29. The van der Waals surface area contributed by atoms with Crippen molar-refractivity contribution in [3.8, 4) is 0 Å². The Bertz CT molecular complexity index is 1570. The van der Waals surface area contributed by atoms with Gasteiger partial charge in [0.1, 0.15) is 24.2 Å². The minimum absolute atomic E-state index is 0.155. The topological polar surface area (TPSA) is 130 Å². The smallest absolute Gasteiger partial charge is 0.325 e. The number of esters is 1. The first-order valence-electron chi connectivity index (χ1n) is 15.7. The monoisotopic (exact) mass is 625 g/mol. The molecule has 242 valence electrons. The molecule has 0 spiro atoms. The zero-order valence-corrected chi connectivity index (χ0v) is 26.7. The largest absolute Gasteiger partial charge is 0.457 e. The number of nitrogens with zero attached hydrogens (tertiary/aromatic N) is 2. The van der Waals surface area contributed by atoms with Crippen LogP contribution in [-0.2, 0) is 30.3 Å². The molecule has 0 aliphatic carbocycles. The first-order valence-corrected chi connectivity index (χ1v) is 15.7. The van der Waals surface area contributed by atoms with Crippen molar-refractivity contribution in [1.82, 2.24) is 26.1 Å². The second-order valence-electron chi connectivity index (χ2n) is 11.5. The minimum Gasteiger partial charge on any atom is -0.457 e. The maximum absolute atomic E-state index is 13.4. The average Bonchev–Trinajstić information content (AvgIpc) is 3.08. The van der Waals surface area contributed by atoms with Gasteiger partial charge in [0.25, 0.3) is 5.91 Å².